The number of anilines is 1. The number of carbonyl (C=O) groups is 2. The lowest BCUT2D eigenvalue weighted by molar-refractivity contribution is 0.0996. The molecule has 5 nitrogen and oxygen atoms in total. The molecule has 0 bridgehead atoms. The summed E-state index contributed by atoms with van der Waals surface area (Å²) in [7, 11) is 0. The zero-order chi connectivity index (χ0) is 13.1. The van der Waals surface area contributed by atoms with Crippen LogP contribution >= 0.6 is 0 Å². The molecule has 0 unspecified atom stereocenters. The first-order chi connectivity index (χ1) is 8.58. The van der Waals surface area contributed by atoms with Crippen molar-refractivity contribution in [3.05, 3.63) is 29.6 Å². The predicted molar refractivity (Wildman–Crippen MR) is 64.7 cm³/mol. The molecule has 1 heterocycles. The quantitative estimate of drug-likeness (QED) is 0.836. The van der Waals surface area contributed by atoms with E-state index in [1.54, 1.807) is 4.90 Å². The summed E-state index contributed by atoms with van der Waals surface area (Å²) in [5, 5.41) is 2.62. The topological polar surface area (TPSA) is 75.4 Å². The molecule has 0 spiro atoms. The highest BCUT2D eigenvalue weighted by Gasteiger charge is 2.18. The molecular formula is C12H14FN3O2. The van der Waals surface area contributed by atoms with Crippen LogP contribution in [0.15, 0.2) is 18.2 Å². The number of likely N-dealkylation sites (tertiary alicyclic amines) is 1. The summed E-state index contributed by atoms with van der Waals surface area (Å²) in [6, 6.07) is 3.51. The molecule has 0 aliphatic carbocycles. The fourth-order valence-electron chi connectivity index (χ4n) is 1.91. The van der Waals surface area contributed by atoms with Crippen molar-refractivity contribution in [1.82, 2.24) is 4.90 Å². The second kappa shape index (κ2) is 5.03. The van der Waals surface area contributed by atoms with E-state index in [1.165, 1.54) is 12.1 Å². The Morgan fingerprint density at radius 1 is 1.28 bits per heavy atom. The van der Waals surface area contributed by atoms with Crippen molar-refractivity contribution in [3.8, 4) is 0 Å². The van der Waals surface area contributed by atoms with Gasteiger partial charge < -0.3 is 16.0 Å². The van der Waals surface area contributed by atoms with Crippen LogP contribution in [-0.2, 0) is 0 Å². The summed E-state index contributed by atoms with van der Waals surface area (Å²) in [5.74, 6) is -1.55. The van der Waals surface area contributed by atoms with Crippen LogP contribution in [-0.4, -0.2) is 29.9 Å². The van der Waals surface area contributed by atoms with E-state index in [0.717, 1.165) is 32.0 Å². The molecule has 3 amide bonds. The molecule has 0 saturated carbocycles. The van der Waals surface area contributed by atoms with E-state index in [0.29, 0.717) is 5.69 Å². The van der Waals surface area contributed by atoms with E-state index in [4.69, 9.17) is 5.73 Å². The maximum atomic E-state index is 13.2. The Hall–Kier alpha value is -2.11. The highest BCUT2D eigenvalue weighted by Crippen LogP contribution is 2.16. The number of primary amides is 1. The second-order valence-corrected chi connectivity index (χ2v) is 4.18. The first-order valence-electron chi connectivity index (χ1n) is 5.73. The lowest BCUT2D eigenvalue weighted by Gasteiger charge is -2.16. The number of nitrogens with zero attached hydrogens (tertiary/aromatic N) is 1. The van der Waals surface area contributed by atoms with Crippen LogP contribution in [0.25, 0.3) is 0 Å². The van der Waals surface area contributed by atoms with Gasteiger partial charge >= 0.3 is 6.03 Å². The van der Waals surface area contributed by atoms with Crippen molar-refractivity contribution in [2.75, 3.05) is 18.4 Å². The molecule has 3 N–H and O–H groups in total. The van der Waals surface area contributed by atoms with Gasteiger partial charge in [0.2, 0.25) is 0 Å². The number of nitrogens with two attached hydrogens (primary N) is 1. The second-order valence-electron chi connectivity index (χ2n) is 4.18. The number of hydrogen-bond donors (Lipinski definition) is 2. The van der Waals surface area contributed by atoms with E-state index in [-0.39, 0.29) is 11.6 Å². The molecule has 1 aliphatic rings. The van der Waals surface area contributed by atoms with Crippen LogP contribution in [0.5, 0.6) is 0 Å². The summed E-state index contributed by atoms with van der Waals surface area (Å²) < 4.78 is 13.2. The fourth-order valence-corrected chi connectivity index (χ4v) is 1.91. The van der Waals surface area contributed by atoms with Crippen LogP contribution in [0.4, 0.5) is 14.9 Å². The summed E-state index contributed by atoms with van der Waals surface area (Å²) >= 11 is 0. The summed E-state index contributed by atoms with van der Waals surface area (Å²) in [6.45, 7) is 1.44. The predicted octanol–water partition coefficient (Wildman–Crippen LogP) is 1.55. The Labute approximate surface area is 104 Å². The molecule has 96 valence electrons. The molecule has 1 aliphatic heterocycles. The van der Waals surface area contributed by atoms with E-state index in [1.807, 2.05) is 0 Å². The van der Waals surface area contributed by atoms with Gasteiger partial charge in [-0.05, 0) is 31.0 Å². The van der Waals surface area contributed by atoms with Gasteiger partial charge in [-0.3, -0.25) is 4.79 Å². The first kappa shape index (κ1) is 12.3. The minimum Gasteiger partial charge on any atom is -0.366 e. The fraction of sp³-hybridized carbons (Fsp3) is 0.333. The number of urea groups is 1. The highest BCUT2D eigenvalue weighted by molar-refractivity contribution is 5.96. The summed E-state index contributed by atoms with van der Waals surface area (Å²) in [5.41, 5.74) is 5.17. The molecule has 0 aromatic heterocycles. The van der Waals surface area contributed by atoms with E-state index < -0.39 is 11.7 Å². The number of rotatable bonds is 2. The Bertz CT molecular complexity index is 484. The average Bonchev–Trinajstić information content (AvgIpc) is 2.85. The molecule has 1 saturated heterocycles. The zero-order valence-electron chi connectivity index (χ0n) is 9.78. The smallest absolute Gasteiger partial charge is 0.321 e. The lowest BCUT2D eigenvalue weighted by atomic mass is 10.2. The standard InChI is InChI=1S/C12H14FN3O2/c13-10-4-3-8(7-9(10)11(14)17)15-12(18)16-5-1-2-6-16/h3-4,7H,1-2,5-6H2,(H2,14,17)(H,15,18). The van der Waals surface area contributed by atoms with Crippen molar-refractivity contribution in [2.24, 2.45) is 5.73 Å². The molecule has 1 aromatic carbocycles. The third-order valence-electron chi connectivity index (χ3n) is 2.88. The van der Waals surface area contributed by atoms with Gasteiger partial charge in [0.1, 0.15) is 5.82 Å². The summed E-state index contributed by atoms with van der Waals surface area (Å²) in [6.07, 6.45) is 1.98. The van der Waals surface area contributed by atoms with Gasteiger partial charge in [-0.2, -0.15) is 0 Å². The van der Waals surface area contributed by atoms with Crippen LogP contribution < -0.4 is 11.1 Å². The minimum atomic E-state index is -0.857. The monoisotopic (exact) mass is 251 g/mol. The van der Waals surface area contributed by atoms with Crippen molar-refractivity contribution >= 4 is 17.6 Å². The Balaban J connectivity index is 2.11. The van der Waals surface area contributed by atoms with Gasteiger partial charge in [0, 0.05) is 18.8 Å². The van der Waals surface area contributed by atoms with Crippen molar-refractivity contribution in [2.45, 2.75) is 12.8 Å². The van der Waals surface area contributed by atoms with Crippen LogP contribution in [0, 0.1) is 5.82 Å². The zero-order valence-corrected chi connectivity index (χ0v) is 9.78. The van der Waals surface area contributed by atoms with Gasteiger partial charge in [0.15, 0.2) is 0 Å². The Morgan fingerprint density at radius 2 is 1.94 bits per heavy atom. The molecule has 1 fully saturated rings. The minimum absolute atomic E-state index is 0.228. The van der Waals surface area contributed by atoms with Gasteiger partial charge in [0.05, 0.1) is 5.56 Å². The molecule has 0 radical (unpaired) electrons. The van der Waals surface area contributed by atoms with E-state index in [2.05, 4.69) is 5.32 Å². The van der Waals surface area contributed by atoms with Gasteiger partial charge in [0.25, 0.3) is 5.91 Å². The maximum absolute atomic E-state index is 13.2. The van der Waals surface area contributed by atoms with Gasteiger partial charge in [-0.1, -0.05) is 0 Å². The van der Waals surface area contributed by atoms with E-state index >= 15 is 0 Å². The number of carbonyl (C=O) groups excluding carboxylic acids is 2. The molecule has 18 heavy (non-hydrogen) atoms. The number of amides is 3. The Kier molecular flexibility index (Phi) is 3.45. The molecule has 0 atom stereocenters. The number of benzene rings is 1. The van der Waals surface area contributed by atoms with Crippen LogP contribution in [0.3, 0.4) is 0 Å². The van der Waals surface area contributed by atoms with Gasteiger partial charge in [-0.15, -0.1) is 0 Å². The Morgan fingerprint density at radius 3 is 2.56 bits per heavy atom. The first-order valence-corrected chi connectivity index (χ1v) is 5.73. The lowest BCUT2D eigenvalue weighted by Crippen LogP contribution is -2.32. The summed E-state index contributed by atoms with van der Waals surface area (Å²) in [4.78, 5) is 24.4. The SMILES string of the molecule is NC(=O)c1cc(NC(=O)N2CCCC2)ccc1F. The van der Waals surface area contributed by atoms with Crippen LogP contribution in [0.1, 0.15) is 23.2 Å². The van der Waals surface area contributed by atoms with Crippen molar-refractivity contribution in [3.63, 3.8) is 0 Å². The number of halogens is 1. The third kappa shape index (κ3) is 2.58. The van der Waals surface area contributed by atoms with E-state index in [9.17, 15) is 14.0 Å². The third-order valence-corrected chi connectivity index (χ3v) is 2.88. The molecular weight excluding hydrogens is 237 g/mol. The molecule has 1 aromatic rings. The maximum Gasteiger partial charge on any atom is 0.321 e. The van der Waals surface area contributed by atoms with Crippen LogP contribution in [0.2, 0.25) is 0 Å². The largest absolute Gasteiger partial charge is 0.366 e. The normalized spacial score (nSPS) is 14.6. The average molecular weight is 251 g/mol. The number of nitrogens with one attached hydrogen (secondary N) is 1. The van der Waals surface area contributed by atoms with Crippen molar-refractivity contribution < 1.29 is 14.0 Å². The number of hydrogen-bond acceptors (Lipinski definition) is 2. The van der Waals surface area contributed by atoms with Crippen molar-refractivity contribution in [1.29, 1.82) is 0 Å². The molecule has 6 heteroatoms. The van der Waals surface area contributed by atoms with Gasteiger partial charge in [-0.25, -0.2) is 9.18 Å². The highest BCUT2D eigenvalue weighted by atomic mass is 19.1. The molecule has 2 rings (SSSR count).